The van der Waals surface area contributed by atoms with E-state index < -0.39 is 6.03 Å². The highest BCUT2D eigenvalue weighted by Gasteiger charge is 2.20. The summed E-state index contributed by atoms with van der Waals surface area (Å²) in [6.45, 7) is 3.74. The van der Waals surface area contributed by atoms with Gasteiger partial charge in [-0.25, -0.2) is 4.79 Å². The minimum Gasteiger partial charge on any atom is -0.351 e. The summed E-state index contributed by atoms with van der Waals surface area (Å²) in [5.41, 5.74) is 6.02. The molecular formula is C12H18N3O2+. The molecule has 0 saturated heterocycles. The monoisotopic (exact) mass is 236 g/mol. The lowest BCUT2D eigenvalue weighted by Gasteiger charge is -2.15. The fraction of sp³-hybridized carbons (Fsp3) is 0.333. The Kier molecular flexibility index (Phi) is 4.66. The molecule has 1 aromatic rings. The second-order valence-corrected chi connectivity index (χ2v) is 4.03. The largest absolute Gasteiger partial charge is 0.351 e. The zero-order valence-corrected chi connectivity index (χ0v) is 10.0. The maximum Gasteiger partial charge on any atom is 0.319 e. The smallest absolute Gasteiger partial charge is 0.319 e. The second-order valence-electron chi connectivity index (χ2n) is 4.03. The third-order valence-electron chi connectivity index (χ3n) is 2.56. The molecule has 0 radical (unpaired) electrons. The zero-order chi connectivity index (χ0) is 12.8. The first-order valence-electron chi connectivity index (χ1n) is 5.51. The third kappa shape index (κ3) is 4.24. The van der Waals surface area contributed by atoms with Gasteiger partial charge in [-0.2, -0.15) is 0 Å². The van der Waals surface area contributed by atoms with E-state index in [0.29, 0.717) is 0 Å². The molecule has 0 bridgehead atoms. The van der Waals surface area contributed by atoms with Crippen molar-refractivity contribution in [1.29, 1.82) is 0 Å². The molecule has 2 atom stereocenters. The van der Waals surface area contributed by atoms with Crippen LogP contribution in [0.4, 0.5) is 4.79 Å². The van der Waals surface area contributed by atoms with Gasteiger partial charge in [0.15, 0.2) is 6.04 Å². The molecule has 0 spiro atoms. The number of nitrogens with two attached hydrogens (primary N) is 2. The molecule has 5 heteroatoms. The first-order valence-corrected chi connectivity index (χ1v) is 5.51. The number of hydrogen-bond acceptors (Lipinski definition) is 2. The summed E-state index contributed by atoms with van der Waals surface area (Å²) >= 11 is 0. The topological polar surface area (TPSA) is 88.8 Å². The number of rotatable bonds is 4. The average molecular weight is 236 g/mol. The van der Waals surface area contributed by atoms with Crippen LogP contribution in [0, 0.1) is 0 Å². The van der Waals surface area contributed by atoms with E-state index in [1.165, 1.54) is 0 Å². The van der Waals surface area contributed by atoms with Gasteiger partial charge in [-0.05, 0) is 13.8 Å². The number of quaternary nitrogens is 1. The lowest BCUT2D eigenvalue weighted by Crippen LogP contribution is -2.92. The summed E-state index contributed by atoms with van der Waals surface area (Å²) in [6.07, 6.45) is 0. The summed E-state index contributed by atoms with van der Waals surface area (Å²) in [6, 6.07) is 8.81. The number of imide groups is 1. The fourth-order valence-corrected chi connectivity index (χ4v) is 1.62. The van der Waals surface area contributed by atoms with Gasteiger partial charge < -0.3 is 11.1 Å². The van der Waals surface area contributed by atoms with Gasteiger partial charge in [0.05, 0.1) is 0 Å². The van der Waals surface area contributed by atoms with Gasteiger partial charge in [0, 0.05) is 5.56 Å². The second kappa shape index (κ2) is 6.00. The van der Waals surface area contributed by atoms with Gasteiger partial charge in [-0.1, -0.05) is 30.3 Å². The highest BCUT2D eigenvalue weighted by Crippen LogP contribution is 2.06. The number of amides is 3. The molecule has 0 aliphatic heterocycles. The highest BCUT2D eigenvalue weighted by atomic mass is 16.2. The Morgan fingerprint density at radius 1 is 1.24 bits per heavy atom. The summed E-state index contributed by atoms with van der Waals surface area (Å²) < 4.78 is 0. The average Bonchev–Trinajstić information content (AvgIpc) is 2.29. The van der Waals surface area contributed by atoms with E-state index in [2.05, 4.69) is 5.32 Å². The minimum atomic E-state index is -0.817. The van der Waals surface area contributed by atoms with E-state index in [1.54, 1.807) is 6.92 Å². The van der Waals surface area contributed by atoms with Crippen molar-refractivity contribution in [3.8, 4) is 0 Å². The first-order chi connectivity index (χ1) is 8.00. The molecule has 0 unspecified atom stereocenters. The van der Waals surface area contributed by atoms with Crippen LogP contribution in [0.2, 0.25) is 0 Å². The Morgan fingerprint density at radius 3 is 2.35 bits per heavy atom. The van der Waals surface area contributed by atoms with E-state index in [0.717, 1.165) is 5.56 Å². The lowest BCUT2D eigenvalue weighted by atomic mass is 10.1. The van der Waals surface area contributed by atoms with E-state index >= 15 is 0 Å². The maximum absolute atomic E-state index is 11.5. The van der Waals surface area contributed by atoms with Gasteiger partial charge in [0.2, 0.25) is 0 Å². The molecule has 0 aromatic heterocycles. The molecule has 0 saturated carbocycles. The normalized spacial score (nSPS) is 13.8. The van der Waals surface area contributed by atoms with Crippen molar-refractivity contribution in [1.82, 2.24) is 5.32 Å². The standard InChI is InChI=1S/C12H17N3O2/c1-8(10-6-4-3-5-7-10)14-9(2)11(16)15-12(13)17/h3-9,14H,1-2H3,(H3,13,15,16,17)/p+1/t8-,9-/m0/s1. The molecule has 1 aromatic carbocycles. The van der Waals surface area contributed by atoms with E-state index in [4.69, 9.17) is 5.73 Å². The van der Waals surface area contributed by atoms with Gasteiger partial charge in [0.1, 0.15) is 6.04 Å². The van der Waals surface area contributed by atoms with Crippen LogP contribution in [0.1, 0.15) is 25.5 Å². The molecular weight excluding hydrogens is 218 g/mol. The summed E-state index contributed by atoms with van der Waals surface area (Å²) in [5, 5.41) is 3.95. The third-order valence-corrected chi connectivity index (χ3v) is 2.56. The van der Waals surface area contributed by atoms with Crippen LogP contribution in [-0.2, 0) is 4.79 Å². The van der Waals surface area contributed by atoms with Crippen LogP contribution in [0.15, 0.2) is 30.3 Å². The van der Waals surface area contributed by atoms with Crippen molar-refractivity contribution in [2.45, 2.75) is 25.9 Å². The molecule has 0 aliphatic carbocycles. The van der Waals surface area contributed by atoms with Gasteiger partial charge in [0.25, 0.3) is 5.91 Å². The summed E-state index contributed by atoms with van der Waals surface area (Å²) in [4.78, 5) is 22.0. The molecule has 0 fully saturated rings. The number of hydrogen-bond donors (Lipinski definition) is 3. The molecule has 5 nitrogen and oxygen atoms in total. The quantitative estimate of drug-likeness (QED) is 0.681. The zero-order valence-electron chi connectivity index (χ0n) is 10.0. The first kappa shape index (κ1) is 13.2. The van der Waals surface area contributed by atoms with Crippen molar-refractivity contribution in [3.05, 3.63) is 35.9 Å². The summed E-state index contributed by atoms with van der Waals surface area (Å²) in [5.74, 6) is -0.375. The molecule has 1 rings (SSSR count). The Balaban J connectivity index is 2.54. The SMILES string of the molecule is C[C@H]([NH2+][C@@H](C)c1ccccc1)C(=O)NC(N)=O. The van der Waals surface area contributed by atoms with Crippen LogP contribution in [0.25, 0.3) is 0 Å². The van der Waals surface area contributed by atoms with Crippen molar-refractivity contribution in [2.75, 3.05) is 0 Å². The van der Waals surface area contributed by atoms with Crippen LogP contribution in [0.3, 0.4) is 0 Å². The predicted octanol–water partition coefficient (Wildman–Crippen LogP) is -0.106. The van der Waals surface area contributed by atoms with Crippen LogP contribution in [-0.4, -0.2) is 18.0 Å². The molecule has 3 amide bonds. The van der Waals surface area contributed by atoms with Crippen molar-refractivity contribution in [2.24, 2.45) is 5.73 Å². The van der Waals surface area contributed by atoms with Crippen LogP contribution in [0.5, 0.6) is 0 Å². The van der Waals surface area contributed by atoms with Crippen molar-refractivity contribution < 1.29 is 14.9 Å². The summed E-state index contributed by atoms with van der Waals surface area (Å²) in [7, 11) is 0. The van der Waals surface area contributed by atoms with Gasteiger partial charge in [-0.3, -0.25) is 10.1 Å². The Morgan fingerprint density at radius 2 is 1.82 bits per heavy atom. The number of primary amides is 1. The Bertz CT molecular complexity index is 392. The van der Waals surface area contributed by atoms with E-state index in [1.807, 2.05) is 42.6 Å². The minimum absolute atomic E-state index is 0.143. The molecule has 92 valence electrons. The number of carbonyl (C=O) groups is 2. The van der Waals surface area contributed by atoms with Crippen LogP contribution >= 0.6 is 0 Å². The molecule has 17 heavy (non-hydrogen) atoms. The Hall–Kier alpha value is -1.88. The van der Waals surface area contributed by atoms with E-state index in [9.17, 15) is 9.59 Å². The number of carbonyl (C=O) groups excluding carboxylic acids is 2. The van der Waals surface area contributed by atoms with Gasteiger partial charge in [-0.15, -0.1) is 0 Å². The van der Waals surface area contributed by atoms with Gasteiger partial charge >= 0.3 is 6.03 Å². The van der Waals surface area contributed by atoms with Crippen molar-refractivity contribution in [3.63, 3.8) is 0 Å². The fourth-order valence-electron chi connectivity index (χ4n) is 1.62. The molecule has 0 heterocycles. The molecule has 5 N–H and O–H groups in total. The van der Waals surface area contributed by atoms with Crippen LogP contribution < -0.4 is 16.4 Å². The number of benzene rings is 1. The molecule has 0 aliphatic rings. The lowest BCUT2D eigenvalue weighted by molar-refractivity contribution is -0.710. The Labute approximate surface area is 100 Å². The van der Waals surface area contributed by atoms with E-state index in [-0.39, 0.29) is 18.0 Å². The highest BCUT2D eigenvalue weighted by molar-refractivity contribution is 5.95. The predicted molar refractivity (Wildman–Crippen MR) is 64.0 cm³/mol. The number of urea groups is 1. The number of nitrogens with one attached hydrogen (secondary N) is 1. The maximum atomic E-state index is 11.5. The van der Waals surface area contributed by atoms with Crippen molar-refractivity contribution >= 4 is 11.9 Å².